The molecule has 2 N–H and O–H groups in total. The van der Waals surface area contributed by atoms with Crippen LogP contribution in [0.3, 0.4) is 0 Å². The Morgan fingerprint density at radius 1 is 1.23 bits per heavy atom. The van der Waals surface area contributed by atoms with Crippen molar-refractivity contribution in [3.63, 3.8) is 0 Å². The number of likely N-dealkylation sites (tertiary alicyclic amines) is 1. The third kappa shape index (κ3) is 4.36. The summed E-state index contributed by atoms with van der Waals surface area (Å²) >= 11 is 3.21. The predicted octanol–water partition coefficient (Wildman–Crippen LogP) is 3.84. The van der Waals surface area contributed by atoms with E-state index >= 15 is 0 Å². The molecule has 3 aliphatic rings. The highest BCUT2D eigenvalue weighted by molar-refractivity contribution is 9.10. The van der Waals surface area contributed by atoms with Crippen molar-refractivity contribution >= 4 is 33.7 Å². The minimum absolute atomic E-state index is 0.0229. The van der Waals surface area contributed by atoms with E-state index in [2.05, 4.69) is 15.9 Å². The summed E-state index contributed by atoms with van der Waals surface area (Å²) in [5.41, 5.74) is 5.24. The monoisotopic (exact) mass is 494 g/mol. The number of carbonyl (C=O) groups excluding carboxylic acids is 3. The molecule has 1 heterocycles. The van der Waals surface area contributed by atoms with E-state index in [1.54, 1.807) is 37.8 Å². The molecular weight excluding hydrogens is 467 g/mol. The van der Waals surface area contributed by atoms with Gasteiger partial charge in [0.25, 0.3) is 0 Å². The zero-order valence-corrected chi connectivity index (χ0v) is 19.5. The molecule has 0 unspecified atom stereocenters. The number of piperidine rings is 1. The van der Waals surface area contributed by atoms with Crippen molar-refractivity contribution in [2.45, 2.75) is 64.1 Å². The van der Waals surface area contributed by atoms with Gasteiger partial charge in [-0.15, -0.1) is 0 Å². The van der Waals surface area contributed by atoms with Gasteiger partial charge >= 0.3 is 6.09 Å². The summed E-state index contributed by atoms with van der Waals surface area (Å²) in [6.07, 6.45) is 1.28. The Kier molecular flexibility index (Phi) is 5.65. The smallest absolute Gasteiger partial charge is 0.411 e. The standard InChI is InChI=1S/C23H28BrFN2O4/c1-23(2,3)31-22(30)27-18-10-16(14-9-15(14)18)20(27)19(28)7-12(21(26)29)6-11-4-5-13(24)8-17(11)25/h4-5,8,12,14-16,18,20H,6-7,9-10H2,1-3H3,(H2,26,29)/t12-,14-,15+,16-,18+,20+/m1/s1. The predicted molar refractivity (Wildman–Crippen MR) is 115 cm³/mol. The summed E-state index contributed by atoms with van der Waals surface area (Å²) in [7, 11) is 0. The molecule has 6 nitrogen and oxygen atoms in total. The first-order valence-corrected chi connectivity index (χ1v) is 11.5. The number of rotatable bonds is 6. The first-order valence-electron chi connectivity index (χ1n) is 10.7. The maximum atomic E-state index is 14.3. The van der Waals surface area contributed by atoms with Gasteiger partial charge in [0.05, 0.1) is 6.04 Å². The maximum Gasteiger partial charge on any atom is 0.411 e. The Morgan fingerprint density at radius 2 is 1.94 bits per heavy atom. The largest absolute Gasteiger partial charge is 0.444 e. The fourth-order valence-corrected chi connectivity index (χ4v) is 5.77. The molecular formula is C23H28BrFN2O4. The molecule has 6 atom stereocenters. The van der Waals surface area contributed by atoms with Crippen molar-refractivity contribution in [1.82, 2.24) is 4.90 Å². The van der Waals surface area contributed by atoms with Crippen molar-refractivity contribution in [3.8, 4) is 0 Å². The number of fused-ring (bicyclic) bond motifs is 5. The molecule has 3 fully saturated rings. The number of nitrogens with zero attached hydrogens (tertiary/aromatic N) is 1. The molecule has 0 aromatic heterocycles. The van der Waals surface area contributed by atoms with Gasteiger partial charge in [-0.25, -0.2) is 9.18 Å². The van der Waals surface area contributed by atoms with Crippen LogP contribution in [-0.4, -0.2) is 40.4 Å². The van der Waals surface area contributed by atoms with Crippen LogP contribution in [0.25, 0.3) is 0 Å². The number of halogens is 2. The van der Waals surface area contributed by atoms with Crippen molar-refractivity contribution in [1.29, 1.82) is 0 Å². The van der Waals surface area contributed by atoms with Crippen LogP contribution in [0.2, 0.25) is 0 Å². The summed E-state index contributed by atoms with van der Waals surface area (Å²) in [6.45, 7) is 5.39. The summed E-state index contributed by atoms with van der Waals surface area (Å²) in [5.74, 6) is -1.11. The normalized spacial score (nSPS) is 29.5. The number of carbonyl (C=O) groups is 3. The van der Waals surface area contributed by atoms with Gasteiger partial charge in [0.2, 0.25) is 5.91 Å². The molecule has 2 aliphatic carbocycles. The van der Waals surface area contributed by atoms with Gasteiger partial charge in [0.1, 0.15) is 11.4 Å². The van der Waals surface area contributed by atoms with Crippen LogP contribution in [0.15, 0.2) is 22.7 Å². The zero-order valence-electron chi connectivity index (χ0n) is 17.9. The van der Waals surface area contributed by atoms with Crippen LogP contribution in [0.1, 0.15) is 45.6 Å². The van der Waals surface area contributed by atoms with E-state index in [0.29, 0.717) is 21.9 Å². The number of primary amides is 1. The molecule has 1 saturated heterocycles. The second-order valence-corrected chi connectivity index (χ2v) is 11.0. The molecule has 0 radical (unpaired) electrons. The topological polar surface area (TPSA) is 89.7 Å². The van der Waals surface area contributed by atoms with E-state index in [1.165, 1.54) is 6.07 Å². The molecule has 8 heteroatoms. The van der Waals surface area contributed by atoms with Crippen LogP contribution in [0, 0.1) is 29.5 Å². The molecule has 168 valence electrons. The Labute approximate surface area is 189 Å². The lowest BCUT2D eigenvalue weighted by Crippen LogP contribution is -2.52. The van der Waals surface area contributed by atoms with Crippen molar-refractivity contribution < 1.29 is 23.5 Å². The van der Waals surface area contributed by atoms with Crippen LogP contribution >= 0.6 is 15.9 Å². The van der Waals surface area contributed by atoms with Gasteiger partial charge < -0.3 is 10.5 Å². The first kappa shape index (κ1) is 22.2. The number of benzene rings is 1. The van der Waals surface area contributed by atoms with E-state index in [9.17, 15) is 18.8 Å². The summed E-state index contributed by atoms with van der Waals surface area (Å²) in [5, 5.41) is 0. The molecule has 31 heavy (non-hydrogen) atoms. The van der Waals surface area contributed by atoms with Crippen LogP contribution in [0.4, 0.5) is 9.18 Å². The molecule has 2 amide bonds. The number of ketones is 1. The average molecular weight is 495 g/mol. The lowest BCUT2D eigenvalue weighted by molar-refractivity contribution is -0.131. The van der Waals surface area contributed by atoms with E-state index < -0.39 is 35.4 Å². The number of hydrogen-bond acceptors (Lipinski definition) is 4. The fourth-order valence-electron chi connectivity index (χ4n) is 5.44. The summed E-state index contributed by atoms with van der Waals surface area (Å²) < 4.78 is 20.5. The van der Waals surface area contributed by atoms with Crippen molar-refractivity contribution in [3.05, 3.63) is 34.1 Å². The van der Waals surface area contributed by atoms with Gasteiger partial charge in [-0.05, 0) is 75.5 Å². The fraction of sp³-hybridized carbons (Fsp3) is 0.609. The highest BCUT2D eigenvalue weighted by Crippen LogP contribution is 2.63. The van der Waals surface area contributed by atoms with Crippen LogP contribution < -0.4 is 5.73 Å². The maximum absolute atomic E-state index is 14.3. The number of nitrogens with two attached hydrogens (primary N) is 1. The Morgan fingerprint density at radius 3 is 2.55 bits per heavy atom. The van der Waals surface area contributed by atoms with E-state index in [4.69, 9.17) is 10.5 Å². The molecule has 4 rings (SSSR count). The average Bonchev–Trinajstić information content (AvgIpc) is 3.25. The van der Waals surface area contributed by atoms with E-state index in [-0.39, 0.29) is 30.6 Å². The van der Waals surface area contributed by atoms with Crippen molar-refractivity contribution in [2.75, 3.05) is 0 Å². The van der Waals surface area contributed by atoms with Gasteiger partial charge in [-0.3, -0.25) is 14.5 Å². The molecule has 1 aromatic rings. The van der Waals surface area contributed by atoms with Crippen LogP contribution in [-0.2, 0) is 20.7 Å². The van der Waals surface area contributed by atoms with Gasteiger partial charge in [0, 0.05) is 22.9 Å². The highest BCUT2D eigenvalue weighted by atomic mass is 79.9. The second kappa shape index (κ2) is 7.87. The third-order valence-corrected chi connectivity index (χ3v) is 7.27. The Hall–Kier alpha value is -1.96. The highest BCUT2D eigenvalue weighted by Gasteiger charge is 2.67. The number of amides is 2. The Balaban J connectivity index is 1.52. The first-order chi connectivity index (χ1) is 14.5. The zero-order chi connectivity index (χ0) is 22.7. The quantitative estimate of drug-likeness (QED) is 0.650. The lowest BCUT2D eigenvalue weighted by atomic mass is 9.86. The number of ether oxygens (including phenoxy) is 1. The van der Waals surface area contributed by atoms with E-state index in [1.807, 2.05) is 0 Å². The number of Topliss-reactive ketones (excluding diaryl/α,β-unsaturated/α-hetero) is 1. The van der Waals surface area contributed by atoms with Gasteiger partial charge in [0.15, 0.2) is 5.78 Å². The summed E-state index contributed by atoms with van der Waals surface area (Å²) in [6, 6.07) is 4.02. The molecule has 2 saturated carbocycles. The molecule has 1 aliphatic heterocycles. The third-order valence-electron chi connectivity index (χ3n) is 6.78. The molecule has 2 bridgehead atoms. The van der Waals surface area contributed by atoms with Gasteiger partial charge in [-0.1, -0.05) is 22.0 Å². The van der Waals surface area contributed by atoms with Gasteiger partial charge in [-0.2, -0.15) is 0 Å². The summed E-state index contributed by atoms with van der Waals surface area (Å²) in [4.78, 5) is 40.0. The lowest BCUT2D eigenvalue weighted by Gasteiger charge is -2.35. The Bertz CT molecular complexity index is 931. The molecule has 1 aromatic carbocycles. The number of hydrogen-bond donors (Lipinski definition) is 1. The SMILES string of the molecule is CC(C)(C)OC(=O)N1[C@H](C(=O)C[C@@H](Cc2ccc(Br)cc2F)C(N)=O)[C@@H]2C[C@H]1[C@H]1C[C@@H]21. The van der Waals surface area contributed by atoms with E-state index in [0.717, 1.165) is 12.8 Å². The minimum atomic E-state index is -0.835. The second-order valence-electron chi connectivity index (χ2n) is 10.1. The minimum Gasteiger partial charge on any atom is -0.444 e. The van der Waals surface area contributed by atoms with Crippen LogP contribution in [0.5, 0.6) is 0 Å². The molecule has 0 spiro atoms. The van der Waals surface area contributed by atoms with Crippen molar-refractivity contribution in [2.24, 2.45) is 29.4 Å².